The summed E-state index contributed by atoms with van der Waals surface area (Å²) in [5.74, 6) is -1.62. The van der Waals surface area contributed by atoms with Gasteiger partial charge in [0.15, 0.2) is 0 Å². The van der Waals surface area contributed by atoms with Crippen LogP contribution in [-0.4, -0.2) is 34.1 Å². The largest absolute Gasteiger partial charge is 0.495 e. The summed E-state index contributed by atoms with van der Waals surface area (Å²) in [6.07, 6.45) is 1.24. The normalized spacial score (nSPS) is 10.6. The summed E-state index contributed by atoms with van der Waals surface area (Å²) in [5.41, 5.74) is 5.98. The molecule has 0 saturated heterocycles. The number of halogens is 2. The number of rotatable bonds is 4. The van der Waals surface area contributed by atoms with Crippen molar-refractivity contribution in [2.45, 2.75) is 0 Å². The number of anilines is 2. The van der Waals surface area contributed by atoms with Gasteiger partial charge < -0.3 is 20.9 Å². The number of para-hydroxylation sites is 1. The van der Waals surface area contributed by atoms with Crippen LogP contribution in [0.1, 0.15) is 20.7 Å². The van der Waals surface area contributed by atoms with Crippen molar-refractivity contribution in [3.8, 4) is 5.75 Å². The summed E-state index contributed by atoms with van der Waals surface area (Å²) in [5, 5.41) is 12.1. The molecule has 8 nitrogen and oxygen atoms in total. The molecule has 0 saturated carbocycles. The number of ether oxygens (including phenoxy) is 1. The Bertz CT molecular complexity index is 1090. The molecule has 1 aromatic heterocycles. The first-order valence-corrected chi connectivity index (χ1v) is 8.20. The fraction of sp³-hybridized carbons (Fsp3) is 0.0588. The highest BCUT2D eigenvalue weighted by molar-refractivity contribution is 6.42. The van der Waals surface area contributed by atoms with E-state index in [2.05, 4.69) is 15.3 Å². The highest BCUT2D eigenvalue weighted by atomic mass is 35.5. The Balaban J connectivity index is 2.11. The quantitative estimate of drug-likeness (QED) is 0.604. The number of carbonyl (C=O) groups is 2. The zero-order chi connectivity index (χ0) is 19.7. The summed E-state index contributed by atoms with van der Waals surface area (Å²) < 4.78 is 5.06. The van der Waals surface area contributed by atoms with E-state index in [1.165, 1.54) is 25.6 Å². The summed E-state index contributed by atoms with van der Waals surface area (Å²) in [6, 6.07) is 6.00. The maximum absolute atomic E-state index is 12.8. The molecule has 0 unspecified atom stereocenters. The molecule has 1 amide bonds. The molecule has 0 bridgehead atoms. The zero-order valence-corrected chi connectivity index (χ0v) is 15.3. The molecule has 0 fully saturated rings. The maximum Gasteiger partial charge on any atom is 0.337 e. The van der Waals surface area contributed by atoms with Crippen molar-refractivity contribution < 1.29 is 19.4 Å². The average Bonchev–Trinajstić information content (AvgIpc) is 2.65. The zero-order valence-electron chi connectivity index (χ0n) is 13.8. The molecule has 0 aliphatic heterocycles. The molecule has 4 N–H and O–H groups in total. The lowest BCUT2D eigenvalue weighted by molar-refractivity contribution is 0.0696. The van der Waals surface area contributed by atoms with Gasteiger partial charge in [-0.05, 0) is 18.2 Å². The molecular weight excluding hydrogens is 395 g/mol. The number of nitrogens with one attached hydrogen (secondary N) is 1. The number of carboxylic acids is 1. The molecule has 0 atom stereocenters. The maximum atomic E-state index is 12.8. The second kappa shape index (κ2) is 7.26. The van der Waals surface area contributed by atoms with E-state index in [-0.39, 0.29) is 38.4 Å². The number of hydrogen-bond donors (Lipinski definition) is 3. The first kappa shape index (κ1) is 18.7. The number of hydrogen-bond acceptors (Lipinski definition) is 6. The third-order valence-electron chi connectivity index (χ3n) is 3.80. The number of amides is 1. The van der Waals surface area contributed by atoms with Gasteiger partial charge in [-0.25, -0.2) is 14.8 Å². The van der Waals surface area contributed by atoms with Crippen LogP contribution in [0.2, 0.25) is 10.0 Å². The fourth-order valence-corrected chi connectivity index (χ4v) is 3.10. The smallest absolute Gasteiger partial charge is 0.337 e. The predicted molar refractivity (Wildman–Crippen MR) is 102 cm³/mol. The number of carboxylic acid groups (broad SMARTS) is 1. The topological polar surface area (TPSA) is 127 Å². The number of nitrogens with zero attached hydrogens (tertiary/aromatic N) is 2. The van der Waals surface area contributed by atoms with E-state index >= 15 is 0 Å². The van der Waals surface area contributed by atoms with E-state index < -0.39 is 11.9 Å². The van der Waals surface area contributed by atoms with Crippen molar-refractivity contribution in [2.24, 2.45) is 0 Å². The van der Waals surface area contributed by atoms with Crippen molar-refractivity contribution in [2.75, 3.05) is 18.2 Å². The van der Waals surface area contributed by atoms with E-state index in [0.29, 0.717) is 10.9 Å². The Kier molecular flexibility index (Phi) is 5.02. The number of methoxy groups -OCH3 is 1. The Hall–Kier alpha value is -3.10. The minimum atomic E-state index is -1.30. The van der Waals surface area contributed by atoms with Gasteiger partial charge in [-0.3, -0.25) is 4.79 Å². The molecule has 0 aliphatic carbocycles. The van der Waals surface area contributed by atoms with Gasteiger partial charge in [-0.1, -0.05) is 29.3 Å². The molecule has 3 rings (SSSR count). The number of benzene rings is 2. The van der Waals surface area contributed by atoms with Gasteiger partial charge >= 0.3 is 5.97 Å². The number of carbonyl (C=O) groups excluding carboxylic acids is 1. The van der Waals surface area contributed by atoms with E-state index in [0.717, 1.165) is 0 Å². The summed E-state index contributed by atoms with van der Waals surface area (Å²) >= 11 is 12.3. The molecular formula is C17H12Cl2N4O4. The minimum absolute atomic E-state index is 0.0322. The second-order valence-electron chi connectivity index (χ2n) is 5.35. The van der Waals surface area contributed by atoms with Gasteiger partial charge in [0.2, 0.25) is 0 Å². The number of aromatic nitrogens is 2. The summed E-state index contributed by atoms with van der Waals surface area (Å²) in [4.78, 5) is 32.2. The Morgan fingerprint density at radius 2 is 1.93 bits per heavy atom. The van der Waals surface area contributed by atoms with Crippen LogP contribution in [-0.2, 0) is 0 Å². The molecule has 10 heteroatoms. The Morgan fingerprint density at radius 3 is 2.59 bits per heavy atom. The summed E-state index contributed by atoms with van der Waals surface area (Å²) in [6.45, 7) is 0. The van der Waals surface area contributed by atoms with Crippen LogP contribution in [0.3, 0.4) is 0 Å². The highest BCUT2D eigenvalue weighted by Gasteiger charge is 2.23. The molecule has 138 valence electrons. The van der Waals surface area contributed by atoms with Crippen LogP contribution in [0.4, 0.5) is 11.5 Å². The van der Waals surface area contributed by atoms with E-state index in [9.17, 15) is 14.7 Å². The van der Waals surface area contributed by atoms with Gasteiger partial charge in [0.25, 0.3) is 5.91 Å². The molecule has 2 aromatic carbocycles. The van der Waals surface area contributed by atoms with Gasteiger partial charge in [0.05, 0.1) is 34.5 Å². The Morgan fingerprint density at radius 1 is 1.19 bits per heavy atom. The summed E-state index contributed by atoms with van der Waals surface area (Å²) in [7, 11) is 1.32. The van der Waals surface area contributed by atoms with Gasteiger partial charge in [0.1, 0.15) is 22.9 Å². The van der Waals surface area contributed by atoms with Crippen molar-refractivity contribution >= 4 is 57.5 Å². The lowest BCUT2D eigenvalue weighted by Gasteiger charge is -2.15. The van der Waals surface area contributed by atoms with Crippen LogP contribution in [0.15, 0.2) is 30.6 Å². The highest BCUT2D eigenvalue weighted by Crippen LogP contribution is 2.40. The van der Waals surface area contributed by atoms with Crippen LogP contribution < -0.4 is 15.8 Å². The number of nitrogens with two attached hydrogens (primary N) is 1. The molecule has 0 spiro atoms. The first-order valence-electron chi connectivity index (χ1n) is 7.45. The van der Waals surface area contributed by atoms with Crippen molar-refractivity contribution in [3.63, 3.8) is 0 Å². The lowest BCUT2D eigenvalue weighted by atomic mass is 10.1. The number of nitrogen functional groups attached to an aromatic ring is 1. The fourth-order valence-electron chi connectivity index (χ4n) is 2.50. The molecule has 1 heterocycles. The monoisotopic (exact) mass is 406 g/mol. The van der Waals surface area contributed by atoms with E-state index in [1.807, 2.05) is 0 Å². The first-order chi connectivity index (χ1) is 12.8. The minimum Gasteiger partial charge on any atom is -0.495 e. The number of aromatic carboxylic acids is 1. The molecule has 27 heavy (non-hydrogen) atoms. The van der Waals surface area contributed by atoms with Crippen LogP contribution in [0, 0.1) is 0 Å². The number of fused-ring (bicyclic) bond motifs is 1. The van der Waals surface area contributed by atoms with E-state index in [1.54, 1.807) is 12.1 Å². The van der Waals surface area contributed by atoms with Crippen LogP contribution in [0.25, 0.3) is 10.9 Å². The van der Waals surface area contributed by atoms with Gasteiger partial charge in [-0.15, -0.1) is 0 Å². The van der Waals surface area contributed by atoms with Crippen molar-refractivity contribution in [1.82, 2.24) is 9.97 Å². The molecule has 0 aliphatic rings. The van der Waals surface area contributed by atoms with Crippen LogP contribution in [0.5, 0.6) is 5.75 Å². The predicted octanol–water partition coefficient (Wildman–Crippen LogP) is 3.48. The third-order valence-corrected chi connectivity index (χ3v) is 4.56. The third kappa shape index (κ3) is 3.32. The van der Waals surface area contributed by atoms with Crippen molar-refractivity contribution in [3.05, 3.63) is 51.8 Å². The van der Waals surface area contributed by atoms with E-state index in [4.69, 9.17) is 33.7 Å². The standard InChI is InChI=1S/C17H12Cl2N4O4/c1-27-10-5-9(17(25)26)11(18)14(12(10)19)23-16(24)8-4-2-3-7-13(8)21-6-22-15(7)20/h2-6H,1H3,(H,23,24)(H,25,26)(H2,20,21,22). The molecule has 3 aromatic rings. The Labute approximate surface area is 162 Å². The SMILES string of the molecule is COc1cc(C(=O)O)c(Cl)c(NC(=O)c2cccc3c(N)ncnc23)c1Cl. The molecule has 0 radical (unpaired) electrons. The van der Waals surface area contributed by atoms with Gasteiger partial charge in [-0.2, -0.15) is 0 Å². The van der Waals surface area contributed by atoms with Crippen LogP contribution >= 0.6 is 23.2 Å². The second-order valence-corrected chi connectivity index (χ2v) is 6.11. The average molecular weight is 407 g/mol. The lowest BCUT2D eigenvalue weighted by Crippen LogP contribution is -2.15. The van der Waals surface area contributed by atoms with Gasteiger partial charge in [0, 0.05) is 5.39 Å². The van der Waals surface area contributed by atoms with Crippen molar-refractivity contribution in [1.29, 1.82) is 0 Å².